The van der Waals surface area contributed by atoms with E-state index >= 15 is 0 Å². The summed E-state index contributed by atoms with van der Waals surface area (Å²) in [5, 5.41) is 18.0. The first-order chi connectivity index (χ1) is 9.83. The predicted molar refractivity (Wildman–Crippen MR) is 80.3 cm³/mol. The standard InChI is InChI=1S/C17H14N2Se/c18-12-14(13-19)11-17(15-7-3-1-4-8-15)20-16-9-5-2-6-10-16/h1-10,14,17H,11H2. The molecule has 0 aromatic heterocycles. The number of nitrogens with zero attached hydrogens (tertiary/aromatic N) is 2. The third-order valence-corrected chi connectivity index (χ3v) is 5.67. The van der Waals surface area contributed by atoms with Crippen LogP contribution in [0.4, 0.5) is 0 Å². The molecule has 0 heterocycles. The second kappa shape index (κ2) is 7.51. The third kappa shape index (κ3) is 3.97. The van der Waals surface area contributed by atoms with E-state index in [9.17, 15) is 0 Å². The molecule has 98 valence electrons. The number of nitriles is 2. The van der Waals surface area contributed by atoms with Crippen molar-refractivity contribution in [3.63, 3.8) is 0 Å². The molecule has 0 N–H and O–H groups in total. The maximum atomic E-state index is 9.02. The van der Waals surface area contributed by atoms with Crippen molar-refractivity contribution >= 4 is 19.4 Å². The van der Waals surface area contributed by atoms with E-state index in [4.69, 9.17) is 10.5 Å². The minimum atomic E-state index is -0.536. The van der Waals surface area contributed by atoms with Crippen LogP contribution < -0.4 is 4.46 Å². The summed E-state index contributed by atoms with van der Waals surface area (Å²) in [4.78, 5) is 0.260. The van der Waals surface area contributed by atoms with Crippen LogP contribution in [0.2, 0.25) is 0 Å². The molecule has 2 nitrogen and oxygen atoms in total. The van der Waals surface area contributed by atoms with Crippen LogP contribution in [-0.2, 0) is 0 Å². The molecule has 0 spiro atoms. The fourth-order valence-electron chi connectivity index (χ4n) is 1.93. The number of hydrogen-bond donors (Lipinski definition) is 0. The van der Waals surface area contributed by atoms with Crippen LogP contribution in [-0.4, -0.2) is 15.0 Å². The molecular weight excluding hydrogens is 311 g/mol. The van der Waals surface area contributed by atoms with Crippen LogP contribution in [0.3, 0.4) is 0 Å². The minimum absolute atomic E-state index is 0.217. The van der Waals surface area contributed by atoms with Crippen LogP contribution in [0.15, 0.2) is 60.7 Å². The Bertz CT molecular complexity index is 597. The molecule has 0 aliphatic heterocycles. The van der Waals surface area contributed by atoms with Gasteiger partial charge in [-0.2, -0.15) is 0 Å². The molecule has 0 fully saturated rings. The van der Waals surface area contributed by atoms with Gasteiger partial charge in [0.05, 0.1) is 0 Å². The molecule has 2 aromatic rings. The van der Waals surface area contributed by atoms with E-state index in [-0.39, 0.29) is 19.8 Å². The van der Waals surface area contributed by atoms with Gasteiger partial charge in [-0.1, -0.05) is 0 Å². The number of hydrogen-bond acceptors (Lipinski definition) is 2. The van der Waals surface area contributed by atoms with Crippen molar-refractivity contribution in [2.24, 2.45) is 5.92 Å². The van der Waals surface area contributed by atoms with Gasteiger partial charge in [0.15, 0.2) is 0 Å². The van der Waals surface area contributed by atoms with Crippen LogP contribution in [0.25, 0.3) is 0 Å². The third-order valence-electron chi connectivity index (χ3n) is 2.95. The summed E-state index contributed by atoms with van der Waals surface area (Å²) in [5.74, 6) is -0.536. The summed E-state index contributed by atoms with van der Waals surface area (Å²) in [7, 11) is 0. The molecule has 0 saturated heterocycles. The average Bonchev–Trinajstić information content (AvgIpc) is 2.53. The van der Waals surface area contributed by atoms with Gasteiger partial charge in [-0.05, 0) is 0 Å². The van der Waals surface area contributed by atoms with Gasteiger partial charge in [0.1, 0.15) is 0 Å². The average molecular weight is 325 g/mol. The second-order valence-corrected chi connectivity index (χ2v) is 7.05. The first kappa shape index (κ1) is 14.4. The van der Waals surface area contributed by atoms with E-state index in [1.54, 1.807) is 0 Å². The van der Waals surface area contributed by atoms with Crippen LogP contribution in [0, 0.1) is 28.6 Å². The van der Waals surface area contributed by atoms with Gasteiger partial charge in [0, 0.05) is 0 Å². The fraction of sp³-hybridized carbons (Fsp3) is 0.176. The van der Waals surface area contributed by atoms with Gasteiger partial charge >= 0.3 is 125 Å². The van der Waals surface area contributed by atoms with Crippen molar-refractivity contribution in [2.75, 3.05) is 0 Å². The molecule has 0 saturated carbocycles. The van der Waals surface area contributed by atoms with E-state index in [2.05, 4.69) is 36.4 Å². The van der Waals surface area contributed by atoms with Gasteiger partial charge in [-0.3, -0.25) is 0 Å². The Morgan fingerprint density at radius 2 is 1.40 bits per heavy atom. The first-order valence-corrected chi connectivity index (χ1v) is 8.24. The van der Waals surface area contributed by atoms with Gasteiger partial charge in [0.2, 0.25) is 0 Å². The Labute approximate surface area is 125 Å². The molecule has 0 bridgehead atoms. The predicted octanol–water partition coefficient (Wildman–Crippen LogP) is 2.81. The summed E-state index contributed by atoms with van der Waals surface area (Å²) in [6, 6.07) is 24.7. The summed E-state index contributed by atoms with van der Waals surface area (Å²) in [5.41, 5.74) is 1.21. The van der Waals surface area contributed by atoms with Crippen LogP contribution in [0.5, 0.6) is 0 Å². The SMILES string of the molecule is N#CC(C#N)CC([Se]c1ccccc1)c1ccccc1. The molecule has 3 heteroatoms. The zero-order chi connectivity index (χ0) is 14.2. The second-order valence-electron chi connectivity index (χ2n) is 4.38. The normalized spacial score (nSPS) is 11.6. The molecule has 20 heavy (non-hydrogen) atoms. The molecule has 0 aliphatic carbocycles. The van der Waals surface area contributed by atoms with Crippen LogP contribution in [0.1, 0.15) is 16.8 Å². The van der Waals surface area contributed by atoms with Crippen molar-refractivity contribution in [1.29, 1.82) is 10.5 Å². The first-order valence-electron chi connectivity index (χ1n) is 6.39. The Balaban J connectivity index is 2.21. The van der Waals surface area contributed by atoms with E-state index in [1.165, 1.54) is 10.0 Å². The zero-order valence-corrected chi connectivity index (χ0v) is 12.7. The molecule has 0 aliphatic rings. The molecule has 0 amide bonds. The van der Waals surface area contributed by atoms with Gasteiger partial charge in [0.25, 0.3) is 0 Å². The van der Waals surface area contributed by atoms with E-state index < -0.39 is 5.92 Å². The van der Waals surface area contributed by atoms with Crippen molar-refractivity contribution in [1.82, 2.24) is 0 Å². The Morgan fingerprint density at radius 3 is 1.95 bits per heavy atom. The monoisotopic (exact) mass is 326 g/mol. The Kier molecular flexibility index (Phi) is 5.39. The molecule has 1 atom stereocenters. The van der Waals surface area contributed by atoms with Crippen molar-refractivity contribution in [2.45, 2.75) is 11.2 Å². The number of benzene rings is 2. The molecule has 2 aromatic carbocycles. The quantitative estimate of drug-likeness (QED) is 0.794. The van der Waals surface area contributed by atoms with Gasteiger partial charge < -0.3 is 0 Å². The Hall–Kier alpha value is -2.06. The van der Waals surface area contributed by atoms with E-state index in [1.807, 2.05) is 36.4 Å². The van der Waals surface area contributed by atoms with E-state index in [0.29, 0.717) is 6.42 Å². The number of rotatable bonds is 5. The molecule has 1 unspecified atom stereocenters. The molecular formula is C17H14N2Se. The zero-order valence-electron chi connectivity index (χ0n) is 10.9. The van der Waals surface area contributed by atoms with Crippen molar-refractivity contribution in [3.8, 4) is 12.1 Å². The fourth-order valence-corrected chi connectivity index (χ4v) is 4.50. The van der Waals surface area contributed by atoms with Crippen LogP contribution >= 0.6 is 0 Å². The van der Waals surface area contributed by atoms with E-state index in [0.717, 1.165) is 0 Å². The van der Waals surface area contributed by atoms with Gasteiger partial charge in [-0.15, -0.1) is 0 Å². The summed E-state index contributed by atoms with van der Waals surface area (Å²) < 4.78 is 1.29. The summed E-state index contributed by atoms with van der Waals surface area (Å²) >= 11 is 0.217. The van der Waals surface area contributed by atoms with Crippen molar-refractivity contribution in [3.05, 3.63) is 66.2 Å². The summed E-state index contributed by atoms with van der Waals surface area (Å²) in [6.07, 6.45) is 0.603. The summed E-state index contributed by atoms with van der Waals surface area (Å²) in [6.45, 7) is 0. The van der Waals surface area contributed by atoms with Crippen molar-refractivity contribution < 1.29 is 0 Å². The molecule has 0 radical (unpaired) electrons. The van der Waals surface area contributed by atoms with Gasteiger partial charge in [-0.25, -0.2) is 0 Å². The maximum absolute atomic E-state index is 9.02. The molecule has 2 rings (SSSR count). The topological polar surface area (TPSA) is 47.6 Å². The Morgan fingerprint density at radius 1 is 0.850 bits per heavy atom.